The molecule has 0 fully saturated rings. The van der Waals surface area contributed by atoms with Gasteiger partial charge in [-0.15, -0.1) is 0 Å². The molecule has 5 heteroatoms. The van der Waals surface area contributed by atoms with Gasteiger partial charge in [0.15, 0.2) is 0 Å². The molecule has 1 atom stereocenters. The molecule has 1 N–H and O–H groups in total. The predicted octanol–water partition coefficient (Wildman–Crippen LogP) is 2.78. The van der Waals surface area contributed by atoms with E-state index in [2.05, 4.69) is 0 Å². The molecule has 0 bridgehead atoms. The van der Waals surface area contributed by atoms with Crippen LogP contribution in [0.1, 0.15) is 18.9 Å². The molecule has 0 saturated carbocycles. The van der Waals surface area contributed by atoms with Gasteiger partial charge in [-0.1, -0.05) is 30.3 Å². The number of aliphatic hydroxyl groups is 1. The molecule has 5 nitrogen and oxygen atoms in total. The number of nitrogens with zero attached hydrogens (tertiary/aromatic N) is 2. The summed E-state index contributed by atoms with van der Waals surface area (Å²) in [6.07, 6.45) is 0.0197. The average molecular weight is 340 g/mol. The minimum Gasteiger partial charge on any atom is -0.489 e. The highest BCUT2D eigenvalue weighted by molar-refractivity contribution is 5.96. The standard InChI is InChI=1S/C20H24N2O3/c1-20(24,15-7-5-4-6-8-15)14-19(23)22-11-12-25-18-13-16(21(2)3)9-10-17(18)22/h4-10,13,24H,11-12,14H2,1-3H3. The Bertz CT molecular complexity index is 757. The third kappa shape index (κ3) is 3.61. The number of ether oxygens (including phenoxy) is 1. The number of carbonyl (C=O) groups is 1. The van der Waals surface area contributed by atoms with E-state index in [4.69, 9.17) is 4.74 Å². The number of anilines is 2. The molecule has 25 heavy (non-hydrogen) atoms. The topological polar surface area (TPSA) is 53.0 Å². The van der Waals surface area contributed by atoms with Gasteiger partial charge in [0.25, 0.3) is 0 Å². The molecule has 0 spiro atoms. The molecule has 3 rings (SSSR count). The van der Waals surface area contributed by atoms with Crippen LogP contribution in [0.2, 0.25) is 0 Å². The number of amides is 1. The van der Waals surface area contributed by atoms with Crippen LogP contribution in [0.25, 0.3) is 0 Å². The number of fused-ring (bicyclic) bond motifs is 1. The van der Waals surface area contributed by atoms with Crippen molar-refractivity contribution in [1.82, 2.24) is 0 Å². The van der Waals surface area contributed by atoms with E-state index in [1.807, 2.05) is 67.5 Å². The van der Waals surface area contributed by atoms with Gasteiger partial charge in [0.2, 0.25) is 5.91 Å². The third-order valence-electron chi connectivity index (χ3n) is 4.52. The van der Waals surface area contributed by atoms with Crippen LogP contribution >= 0.6 is 0 Å². The molecule has 2 aromatic rings. The minimum absolute atomic E-state index is 0.0197. The normalized spacial score (nSPS) is 15.8. The summed E-state index contributed by atoms with van der Waals surface area (Å²) < 4.78 is 5.73. The zero-order valence-corrected chi connectivity index (χ0v) is 14.9. The fraction of sp³-hybridized carbons (Fsp3) is 0.350. The molecule has 0 saturated heterocycles. The highest BCUT2D eigenvalue weighted by atomic mass is 16.5. The Morgan fingerprint density at radius 2 is 1.96 bits per heavy atom. The zero-order valence-electron chi connectivity index (χ0n) is 14.9. The lowest BCUT2D eigenvalue weighted by Crippen LogP contribution is -2.41. The van der Waals surface area contributed by atoms with Gasteiger partial charge >= 0.3 is 0 Å². The van der Waals surface area contributed by atoms with Crippen LogP contribution in [-0.4, -0.2) is 38.3 Å². The molecule has 1 heterocycles. The monoisotopic (exact) mass is 340 g/mol. The molecule has 0 aromatic heterocycles. The van der Waals surface area contributed by atoms with Crippen LogP contribution in [0.3, 0.4) is 0 Å². The minimum atomic E-state index is -1.21. The van der Waals surface area contributed by atoms with Gasteiger partial charge in [-0.05, 0) is 24.6 Å². The van der Waals surface area contributed by atoms with Crippen molar-refractivity contribution in [2.24, 2.45) is 0 Å². The molecular formula is C20H24N2O3. The van der Waals surface area contributed by atoms with Crippen LogP contribution in [0.5, 0.6) is 5.75 Å². The summed E-state index contributed by atoms with van der Waals surface area (Å²) in [5.41, 5.74) is 1.30. The van der Waals surface area contributed by atoms with Crippen molar-refractivity contribution in [3.8, 4) is 5.75 Å². The SMILES string of the molecule is CN(C)c1ccc2c(c1)OCCN2C(=O)CC(C)(O)c1ccccc1. The van der Waals surface area contributed by atoms with Crippen LogP contribution in [0, 0.1) is 0 Å². The van der Waals surface area contributed by atoms with Crippen LogP contribution in [0.15, 0.2) is 48.5 Å². The number of benzene rings is 2. The molecular weight excluding hydrogens is 316 g/mol. The first-order valence-corrected chi connectivity index (χ1v) is 8.41. The van der Waals surface area contributed by atoms with Crippen molar-refractivity contribution < 1.29 is 14.6 Å². The predicted molar refractivity (Wildman–Crippen MR) is 99.2 cm³/mol. The second-order valence-electron chi connectivity index (χ2n) is 6.76. The van der Waals surface area contributed by atoms with Crippen molar-refractivity contribution in [2.75, 3.05) is 37.0 Å². The second kappa shape index (κ2) is 6.76. The van der Waals surface area contributed by atoms with Gasteiger partial charge in [-0.25, -0.2) is 0 Å². The van der Waals surface area contributed by atoms with Crippen molar-refractivity contribution in [2.45, 2.75) is 18.9 Å². The van der Waals surface area contributed by atoms with E-state index in [1.54, 1.807) is 11.8 Å². The van der Waals surface area contributed by atoms with E-state index in [9.17, 15) is 9.90 Å². The van der Waals surface area contributed by atoms with Crippen LogP contribution < -0.4 is 14.5 Å². The van der Waals surface area contributed by atoms with E-state index in [0.717, 1.165) is 16.9 Å². The third-order valence-corrected chi connectivity index (χ3v) is 4.52. The summed E-state index contributed by atoms with van der Waals surface area (Å²) in [5, 5.41) is 10.8. The zero-order chi connectivity index (χ0) is 18.0. The highest BCUT2D eigenvalue weighted by Gasteiger charge is 2.31. The van der Waals surface area contributed by atoms with E-state index in [-0.39, 0.29) is 12.3 Å². The lowest BCUT2D eigenvalue weighted by atomic mass is 9.92. The van der Waals surface area contributed by atoms with Crippen molar-refractivity contribution in [3.63, 3.8) is 0 Å². The summed E-state index contributed by atoms with van der Waals surface area (Å²) in [7, 11) is 3.93. The van der Waals surface area contributed by atoms with Gasteiger partial charge in [-0.3, -0.25) is 4.79 Å². The van der Waals surface area contributed by atoms with Gasteiger partial charge in [0, 0.05) is 25.8 Å². The molecule has 0 aliphatic carbocycles. The summed E-state index contributed by atoms with van der Waals surface area (Å²) in [5.74, 6) is 0.584. The summed E-state index contributed by atoms with van der Waals surface area (Å²) in [6, 6.07) is 15.1. The molecule has 1 unspecified atom stereocenters. The lowest BCUT2D eigenvalue weighted by Gasteiger charge is -2.33. The Morgan fingerprint density at radius 3 is 2.64 bits per heavy atom. The Kier molecular flexibility index (Phi) is 4.68. The summed E-state index contributed by atoms with van der Waals surface area (Å²) in [6.45, 7) is 2.61. The Hall–Kier alpha value is -2.53. The van der Waals surface area contributed by atoms with Gasteiger partial charge in [0.05, 0.1) is 24.3 Å². The number of hydrogen-bond acceptors (Lipinski definition) is 4. The Balaban J connectivity index is 1.82. The summed E-state index contributed by atoms with van der Waals surface area (Å²) >= 11 is 0. The van der Waals surface area contributed by atoms with Crippen LogP contribution in [-0.2, 0) is 10.4 Å². The molecule has 0 radical (unpaired) electrons. The molecule has 1 aliphatic heterocycles. The molecule has 2 aromatic carbocycles. The van der Waals surface area contributed by atoms with E-state index in [0.29, 0.717) is 18.9 Å². The molecule has 1 aliphatic rings. The van der Waals surface area contributed by atoms with Crippen molar-refractivity contribution in [1.29, 1.82) is 0 Å². The van der Waals surface area contributed by atoms with Gasteiger partial charge in [0.1, 0.15) is 12.4 Å². The number of carbonyl (C=O) groups excluding carboxylic acids is 1. The first-order valence-electron chi connectivity index (χ1n) is 8.41. The second-order valence-corrected chi connectivity index (χ2v) is 6.76. The smallest absolute Gasteiger partial charge is 0.230 e. The highest BCUT2D eigenvalue weighted by Crippen LogP contribution is 2.36. The van der Waals surface area contributed by atoms with E-state index >= 15 is 0 Å². The maximum Gasteiger partial charge on any atom is 0.230 e. The fourth-order valence-corrected chi connectivity index (χ4v) is 3.04. The number of rotatable bonds is 4. The van der Waals surface area contributed by atoms with Crippen molar-refractivity contribution >= 4 is 17.3 Å². The first kappa shape index (κ1) is 17.3. The first-order chi connectivity index (χ1) is 11.9. The van der Waals surface area contributed by atoms with Crippen LogP contribution in [0.4, 0.5) is 11.4 Å². The Labute approximate surface area is 148 Å². The Morgan fingerprint density at radius 1 is 1.24 bits per heavy atom. The lowest BCUT2D eigenvalue weighted by molar-refractivity contribution is -0.123. The largest absolute Gasteiger partial charge is 0.489 e. The molecule has 1 amide bonds. The summed E-state index contributed by atoms with van der Waals surface area (Å²) in [4.78, 5) is 16.6. The number of hydrogen-bond donors (Lipinski definition) is 1. The van der Waals surface area contributed by atoms with Gasteiger partial charge in [-0.2, -0.15) is 0 Å². The van der Waals surface area contributed by atoms with Crippen molar-refractivity contribution in [3.05, 3.63) is 54.1 Å². The van der Waals surface area contributed by atoms with E-state index < -0.39 is 5.60 Å². The quantitative estimate of drug-likeness (QED) is 0.930. The van der Waals surface area contributed by atoms with E-state index in [1.165, 1.54) is 0 Å². The fourth-order valence-electron chi connectivity index (χ4n) is 3.04. The van der Waals surface area contributed by atoms with Gasteiger partial charge < -0.3 is 19.6 Å². The average Bonchev–Trinajstić information content (AvgIpc) is 2.61. The maximum atomic E-state index is 12.9. The maximum absolute atomic E-state index is 12.9. The molecule has 132 valence electrons.